The minimum absolute atomic E-state index is 0.0124. The largest absolute Gasteiger partial charge is 0.394 e. The van der Waals surface area contributed by atoms with Crippen LogP contribution in [0.15, 0.2) is 12.4 Å². The molecule has 0 aliphatic heterocycles. The van der Waals surface area contributed by atoms with Crippen LogP contribution in [-0.4, -0.2) is 63.7 Å². The Kier molecular flexibility index (Phi) is 6.66. The highest BCUT2D eigenvalue weighted by Gasteiger charge is 2.13. The highest BCUT2D eigenvalue weighted by atomic mass is 16.5. The van der Waals surface area contributed by atoms with E-state index in [-0.39, 0.29) is 13.2 Å². The molecule has 0 fully saturated rings. The first kappa shape index (κ1) is 14.9. The monoisotopic (exact) mass is 259 g/mol. The summed E-state index contributed by atoms with van der Waals surface area (Å²) in [4.78, 5) is 0. The van der Waals surface area contributed by atoms with Crippen LogP contribution in [0.5, 0.6) is 0 Å². The topological polar surface area (TPSA) is 99.8 Å². The summed E-state index contributed by atoms with van der Waals surface area (Å²) in [5.41, 5.74) is 0.733. The molecular formula is C11H21N3O4. The first-order valence-electron chi connectivity index (χ1n) is 5.94. The van der Waals surface area contributed by atoms with E-state index in [2.05, 4.69) is 10.4 Å². The summed E-state index contributed by atoms with van der Waals surface area (Å²) < 4.78 is 6.82. The van der Waals surface area contributed by atoms with Crippen molar-refractivity contribution in [1.29, 1.82) is 0 Å². The van der Waals surface area contributed by atoms with E-state index in [4.69, 9.17) is 14.9 Å². The first-order chi connectivity index (χ1) is 8.67. The molecule has 0 saturated heterocycles. The van der Waals surface area contributed by atoms with Gasteiger partial charge in [0.2, 0.25) is 0 Å². The number of anilines is 1. The number of nitrogens with one attached hydrogen (secondary N) is 1. The summed E-state index contributed by atoms with van der Waals surface area (Å²) in [6.07, 6.45) is 2.75. The Bertz CT molecular complexity index is 330. The van der Waals surface area contributed by atoms with Gasteiger partial charge in [-0.3, -0.25) is 4.68 Å². The number of aliphatic hydroxyl groups excluding tert-OH is 3. The molecule has 1 heterocycles. The van der Waals surface area contributed by atoms with Gasteiger partial charge < -0.3 is 25.4 Å². The second-order valence-electron chi connectivity index (χ2n) is 4.00. The number of rotatable bonds is 9. The van der Waals surface area contributed by atoms with Crippen molar-refractivity contribution < 1.29 is 20.1 Å². The van der Waals surface area contributed by atoms with Crippen LogP contribution in [0.4, 0.5) is 5.69 Å². The van der Waals surface area contributed by atoms with Gasteiger partial charge in [0.1, 0.15) is 0 Å². The van der Waals surface area contributed by atoms with Crippen molar-refractivity contribution in [1.82, 2.24) is 9.78 Å². The lowest BCUT2D eigenvalue weighted by Crippen LogP contribution is -2.34. The predicted octanol–water partition coefficient (Wildman–Crippen LogP) is -0.954. The van der Waals surface area contributed by atoms with E-state index in [1.165, 1.54) is 0 Å². The van der Waals surface area contributed by atoms with Crippen LogP contribution in [0.2, 0.25) is 0 Å². The second kappa shape index (κ2) is 8.04. The average Bonchev–Trinajstić information content (AvgIpc) is 2.79. The summed E-state index contributed by atoms with van der Waals surface area (Å²) in [6.45, 7) is 2.85. The van der Waals surface area contributed by atoms with Gasteiger partial charge in [0, 0.05) is 6.20 Å². The van der Waals surface area contributed by atoms with Gasteiger partial charge in [-0.15, -0.1) is 0 Å². The minimum atomic E-state index is -0.647. The van der Waals surface area contributed by atoms with Crippen LogP contribution in [0.3, 0.4) is 0 Å². The van der Waals surface area contributed by atoms with Crippen molar-refractivity contribution in [3.8, 4) is 0 Å². The smallest absolute Gasteiger partial charge is 0.0749 e. The highest BCUT2D eigenvalue weighted by molar-refractivity contribution is 5.39. The van der Waals surface area contributed by atoms with Crippen molar-refractivity contribution in [2.24, 2.45) is 0 Å². The molecule has 0 amide bonds. The van der Waals surface area contributed by atoms with Crippen molar-refractivity contribution in [3.63, 3.8) is 0 Å². The molecule has 0 bridgehead atoms. The van der Waals surface area contributed by atoms with E-state index >= 15 is 0 Å². The lowest BCUT2D eigenvalue weighted by Gasteiger charge is -2.18. The molecule has 0 unspecified atom stereocenters. The number of ether oxygens (including phenoxy) is 1. The summed E-state index contributed by atoms with van der Waals surface area (Å²) in [5, 5.41) is 34.1. The molecule has 2 atom stereocenters. The molecule has 7 heteroatoms. The van der Waals surface area contributed by atoms with Gasteiger partial charge >= 0.3 is 0 Å². The van der Waals surface area contributed by atoms with Crippen LogP contribution in [0.25, 0.3) is 0 Å². The lowest BCUT2D eigenvalue weighted by atomic mass is 10.2. The molecule has 0 aromatic carbocycles. The van der Waals surface area contributed by atoms with E-state index in [0.29, 0.717) is 19.8 Å². The fraction of sp³-hybridized carbons (Fsp3) is 0.727. The zero-order valence-corrected chi connectivity index (χ0v) is 10.5. The third-order valence-electron chi connectivity index (χ3n) is 2.46. The average molecular weight is 259 g/mol. The molecule has 0 saturated carbocycles. The second-order valence-corrected chi connectivity index (χ2v) is 4.00. The molecule has 0 radical (unpaired) electrons. The van der Waals surface area contributed by atoms with Gasteiger partial charge in [0.25, 0.3) is 0 Å². The maximum atomic E-state index is 9.39. The maximum Gasteiger partial charge on any atom is 0.0749 e. The standard InChI is InChI=1S/C11H21N3O4/c1-9(17)11(8-16)13-10-6-12-14(7-10)2-4-18-5-3-15/h6-7,9,11,13,15-17H,2-5,8H2,1H3/t9-,11-/m1/s1. The summed E-state index contributed by atoms with van der Waals surface area (Å²) in [5.74, 6) is 0. The number of nitrogens with zero attached hydrogens (tertiary/aromatic N) is 2. The van der Waals surface area contributed by atoms with Crippen molar-refractivity contribution in [3.05, 3.63) is 12.4 Å². The molecule has 1 aromatic heterocycles. The summed E-state index contributed by atoms with van der Waals surface area (Å²) >= 11 is 0. The van der Waals surface area contributed by atoms with Gasteiger partial charge in [-0.25, -0.2) is 0 Å². The molecule has 7 nitrogen and oxygen atoms in total. The molecule has 0 aliphatic carbocycles. The molecule has 1 aromatic rings. The van der Waals surface area contributed by atoms with Gasteiger partial charge in [-0.2, -0.15) is 5.10 Å². The zero-order chi connectivity index (χ0) is 13.4. The van der Waals surface area contributed by atoms with E-state index in [0.717, 1.165) is 5.69 Å². The lowest BCUT2D eigenvalue weighted by molar-refractivity contribution is 0.0854. The Labute approximate surface area is 106 Å². The third-order valence-corrected chi connectivity index (χ3v) is 2.46. The van der Waals surface area contributed by atoms with Crippen LogP contribution >= 0.6 is 0 Å². The first-order valence-corrected chi connectivity index (χ1v) is 5.94. The SMILES string of the molecule is C[C@@H](O)[C@@H](CO)Nc1cnn(CCOCCO)c1. The van der Waals surface area contributed by atoms with Gasteiger partial charge in [0.15, 0.2) is 0 Å². The Morgan fingerprint density at radius 3 is 2.83 bits per heavy atom. The molecular weight excluding hydrogens is 238 g/mol. The van der Waals surface area contributed by atoms with Crippen molar-refractivity contribution in [2.75, 3.05) is 31.7 Å². The number of aromatic nitrogens is 2. The van der Waals surface area contributed by atoms with Crippen LogP contribution in [0.1, 0.15) is 6.92 Å². The van der Waals surface area contributed by atoms with Crippen molar-refractivity contribution >= 4 is 5.69 Å². The van der Waals surface area contributed by atoms with Gasteiger partial charge in [0.05, 0.1) is 57.0 Å². The molecule has 4 N–H and O–H groups in total. The van der Waals surface area contributed by atoms with Crippen molar-refractivity contribution in [2.45, 2.75) is 25.6 Å². The van der Waals surface area contributed by atoms with E-state index < -0.39 is 12.1 Å². The van der Waals surface area contributed by atoms with Gasteiger partial charge in [-0.1, -0.05) is 0 Å². The van der Waals surface area contributed by atoms with Crippen LogP contribution in [0, 0.1) is 0 Å². The summed E-state index contributed by atoms with van der Waals surface area (Å²) in [7, 11) is 0. The molecule has 0 aliphatic rings. The normalized spacial score (nSPS) is 14.4. The van der Waals surface area contributed by atoms with E-state index in [9.17, 15) is 5.11 Å². The fourth-order valence-electron chi connectivity index (χ4n) is 1.42. The number of aliphatic hydroxyl groups is 3. The van der Waals surface area contributed by atoms with Crippen LogP contribution < -0.4 is 5.32 Å². The van der Waals surface area contributed by atoms with Crippen LogP contribution in [-0.2, 0) is 11.3 Å². The Balaban J connectivity index is 2.38. The number of hydrogen-bond donors (Lipinski definition) is 4. The quantitative estimate of drug-likeness (QED) is 0.427. The zero-order valence-electron chi connectivity index (χ0n) is 10.5. The highest BCUT2D eigenvalue weighted by Crippen LogP contribution is 2.08. The minimum Gasteiger partial charge on any atom is -0.394 e. The third kappa shape index (κ3) is 5.01. The van der Waals surface area contributed by atoms with E-state index in [1.807, 2.05) is 0 Å². The summed E-state index contributed by atoms with van der Waals surface area (Å²) in [6, 6.07) is -0.409. The molecule has 1 rings (SSSR count). The Hall–Kier alpha value is -1.15. The molecule has 18 heavy (non-hydrogen) atoms. The van der Waals surface area contributed by atoms with Gasteiger partial charge in [-0.05, 0) is 6.92 Å². The molecule has 104 valence electrons. The predicted molar refractivity (Wildman–Crippen MR) is 66.3 cm³/mol. The molecule has 0 spiro atoms. The number of hydrogen-bond acceptors (Lipinski definition) is 6. The van der Waals surface area contributed by atoms with E-state index in [1.54, 1.807) is 24.0 Å². The Morgan fingerprint density at radius 2 is 2.22 bits per heavy atom. The fourth-order valence-corrected chi connectivity index (χ4v) is 1.42. The Morgan fingerprint density at radius 1 is 1.44 bits per heavy atom. The maximum absolute atomic E-state index is 9.39.